The van der Waals surface area contributed by atoms with Crippen molar-refractivity contribution in [1.82, 2.24) is 4.90 Å². The van der Waals surface area contributed by atoms with Crippen molar-refractivity contribution >= 4 is 11.6 Å². The number of amides is 1. The summed E-state index contributed by atoms with van der Waals surface area (Å²) in [5.41, 5.74) is 1.94. The van der Waals surface area contributed by atoms with Gasteiger partial charge in [-0.05, 0) is 43.7 Å². The Morgan fingerprint density at radius 2 is 1.74 bits per heavy atom. The van der Waals surface area contributed by atoms with Crippen LogP contribution < -0.4 is 5.32 Å². The summed E-state index contributed by atoms with van der Waals surface area (Å²) in [5, 5.41) is 3.15. The summed E-state index contributed by atoms with van der Waals surface area (Å²) in [7, 11) is 0. The lowest BCUT2D eigenvalue weighted by Gasteiger charge is -2.27. The number of hydrogen-bond acceptors (Lipinski definition) is 2. The van der Waals surface area contributed by atoms with Crippen molar-refractivity contribution in [1.29, 1.82) is 0 Å². The molecule has 2 aromatic carbocycles. The quantitative estimate of drug-likeness (QED) is 0.835. The molecule has 0 atom stereocenters. The topological polar surface area (TPSA) is 32.3 Å². The molecule has 0 saturated carbocycles. The lowest BCUT2D eigenvalue weighted by Crippen LogP contribution is -2.37. The van der Waals surface area contributed by atoms with Crippen LogP contribution in [0.1, 0.15) is 25.8 Å². The molecule has 4 heteroatoms. The fourth-order valence-corrected chi connectivity index (χ4v) is 2.36. The second-order valence-electron chi connectivity index (χ2n) is 5.78. The smallest absolute Gasteiger partial charge is 0.224 e. The van der Waals surface area contributed by atoms with Crippen LogP contribution in [0.5, 0.6) is 0 Å². The first-order chi connectivity index (χ1) is 11.1. The maximum absolute atomic E-state index is 12.9. The van der Waals surface area contributed by atoms with Crippen molar-refractivity contribution in [3.8, 4) is 0 Å². The van der Waals surface area contributed by atoms with Gasteiger partial charge in [0.15, 0.2) is 0 Å². The van der Waals surface area contributed by atoms with Crippen LogP contribution in [0, 0.1) is 5.82 Å². The van der Waals surface area contributed by atoms with Crippen LogP contribution in [0.25, 0.3) is 0 Å². The minimum Gasteiger partial charge on any atom is -0.385 e. The molecule has 2 aromatic rings. The number of carbonyl (C=O) groups is 1. The number of hydrogen-bond donors (Lipinski definition) is 1. The summed E-state index contributed by atoms with van der Waals surface area (Å²) in [6, 6.07) is 16.3. The molecule has 0 heterocycles. The van der Waals surface area contributed by atoms with E-state index in [1.54, 1.807) is 12.1 Å². The third-order valence-electron chi connectivity index (χ3n) is 3.65. The van der Waals surface area contributed by atoms with E-state index in [2.05, 4.69) is 5.32 Å². The summed E-state index contributed by atoms with van der Waals surface area (Å²) in [5.74, 6) is -0.154. The summed E-state index contributed by atoms with van der Waals surface area (Å²) < 4.78 is 12.9. The van der Waals surface area contributed by atoms with Crippen LogP contribution in [0.4, 0.5) is 10.1 Å². The Bertz CT molecular complexity index is 611. The third-order valence-corrected chi connectivity index (χ3v) is 3.65. The molecule has 0 aliphatic heterocycles. The van der Waals surface area contributed by atoms with Crippen LogP contribution in [-0.2, 0) is 11.3 Å². The van der Waals surface area contributed by atoms with Gasteiger partial charge in [0.2, 0.25) is 5.91 Å². The zero-order chi connectivity index (χ0) is 16.7. The van der Waals surface area contributed by atoms with Gasteiger partial charge in [0.25, 0.3) is 0 Å². The van der Waals surface area contributed by atoms with Gasteiger partial charge in [-0.25, -0.2) is 4.39 Å². The van der Waals surface area contributed by atoms with Crippen LogP contribution in [0.3, 0.4) is 0 Å². The van der Waals surface area contributed by atoms with Gasteiger partial charge in [0.05, 0.1) is 0 Å². The van der Waals surface area contributed by atoms with E-state index in [9.17, 15) is 9.18 Å². The van der Waals surface area contributed by atoms with Crippen molar-refractivity contribution in [2.45, 2.75) is 32.9 Å². The molecule has 0 saturated heterocycles. The number of rotatable bonds is 7. The number of anilines is 1. The van der Waals surface area contributed by atoms with Crippen LogP contribution in [0.15, 0.2) is 54.6 Å². The highest BCUT2D eigenvalue weighted by atomic mass is 19.1. The molecule has 0 aliphatic carbocycles. The Morgan fingerprint density at radius 1 is 1.09 bits per heavy atom. The largest absolute Gasteiger partial charge is 0.385 e. The van der Waals surface area contributed by atoms with Gasteiger partial charge in [-0.3, -0.25) is 4.79 Å². The molecule has 0 spiro atoms. The summed E-state index contributed by atoms with van der Waals surface area (Å²) in [6.45, 7) is 5.19. The van der Waals surface area contributed by atoms with Crippen molar-refractivity contribution in [2.24, 2.45) is 0 Å². The Labute approximate surface area is 137 Å². The van der Waals surface area contributed by atoms with Gasteiger partial charge >= 0.3 is 0 Å². The first kappa shape index (κ1) is 17.0. The minimum atomic E-state index is -0.263. The maximum atomic E-state index is 12.9. The number of carbonyl (C=O) groups excluding carboxylic acids is 1. The molecule has 0 unspecified atom stereocenters. The number of benzene rings is 2. The molecular formula is C19H23FN2O. The first-order valence-corrected chi connectivity index (χ1v) is 7.89. The van der Waals surface area contributed by atoms with E-state index in [-0.39, 0.29) is 17.8 Å². The molecule has 0 aromatic heterocycles. The Morgan fingerprint density at radius 3 is 2.35 bits per heavy atom. The van der Waals surface area contributed by atoms with Gasteiger partial charge < -0.3 is 10.2 Å². The number of halogens is 1. The molecule has 0 radical (unpaired) electrons. The second-order valence-corrected chi connectivity index (χ2v) is 5.78. The van der Waals surface area contributed by atoms with E-state index in [1.807, 2.05) is 49.1 Å². The van der Waals surface area contributed by atoms with Crippen LogP contribution >= 0.6 is 0 Å². The number of nitrogens with one attached hydrogen (secondary N) is 1. The molecule has 1 N–H and O–H groups in total. The Kier molecular flexibility index (Phi) is 6.15. The third kappa shape index (κ3) is 5.40. The van der Waals surface area contributed by atoms with Gasteiger partial charge in [-0.2, -0.15) is 0 Å². The van der Waals surface area contributed by atoms with E-state index >= 15 is 0 Å². The molecule has 3 nitrogen and oxygen atoms in total. The van der Waals surface area contributed by atoms with Gasteiger partial charge in [-0.1, -0.05) is 30.3 Å². The predicted octanol–water partition coefficient (Wildman–Crippen LogP) is 4.06. The molecule has 122 valence electrons. The fourth-order valence-electron chi connectivity index (χ4n) is 2.36. The normalized spacial score (nSPS) is 10.6. The van der Waals surface area contributed by atoms with Crippen molar-refractivity contribution in [2.75, 3.05) is 11.9 Å². The van der Waals surface area contributed by atoms with E-state index in [0.29, 0.717) is 19.5 Å². The minimum absolute atomic E-state index is 0.110. The molecule has 0 bridgehead atoms. The summed E-state index contributed by atoms with van der Waals surface area (Å²) in [6.07, 6.45) is 0.405. The zero-order valence-electron chi connectivity index (χ0n) is 13.6. The monoisotopic (exact) mass is 314 g/mol. The molecule has 1 amide bonds. The highest BCUT2D eigenvalue weighted by Gasteiger charge is 2.16. The van der Waals surface area contributed by atoms with Crippen LogP contribution in [-0.4, -0.2) is 23.4 Å². The molecule has 0 fully saturated rings. The van der Waals surface area contributed by atoms with Crippen molar-refractivity contribution < 1.29 is 9.18 Å². The van der Waals surface area contributed by atoms with E-state index < -0.39 is 0 Å². The highest BCUT2D eigenvalue weighted by Crippen LogP contribution is 2.11. The standard InChI is InChI=1S/C19H23FN2O/c1-15(2)22(14-16-6-4-3-5-7-16)19(23)12-13-21-18-10-8-17(20)9-11-18/h3-11,15,21H,12-14H2,1-2H3. The van der Waals surface area contributed by atoms with Gasteiger partial charge in [0, 0.05) is 31.2 Å². The van der Waals surface area contributed by atoms with Gasteiger partial charge in [-0.15, -0.1) is 0 Å². The van der Waals surface area contributed by atoms with E-state index in [4.69, 9.17) is 0 Å². The summed E-state index contributed by atoms with van der Waals surface area (Å²) in [4.78, 5) is 14.3. The average molecular weight is 314 g/mol. The Hall–Kier alpha value is -2.36. The second kappa shape index (κ2) is 8.32. The molecule has 2 rings (SSSR count). The maximum Gasteiger partial charge on any atom is 0.224 e. The van der Waals surface area contributed by atoms with E-state index in [0.717, 1.165) is 11.3 Å². The SMILES string of the molecule is CC(C)N(Cc1ccccc1)C(=O)CCNc1ccc(F)cc1. The average Bonchev–Trinajstić information content (AvgIpc) is 2.55. The van der Waals surface area contributed by atoms with Crippen molar-refractivity contribution in [3.05, 3.63) is 66.0 Å². The van der Waals surface area contributed by atoms with E-state index in [1.165, 1.54) is 12.1 Å². The zero-order valence-corrected chi connectivity index (χ0v) is 13.6. The molecule has 0 aliphatic rings. The van der Waals surface area contributed by atoms with Gasteiger partial charge in [0.1, 0.15) is 5.82 Å². The predicted molar refractivity (Wildman–Crippen MR) is 91.6 cm³/mol. The molecule has 23 heavy (non-hydrogen) atoms. The first-order valence-electron chi connectivity index (χ1n) is 7.89. The highest BCUT2D eigenvalue weighted by molar-refractivity contribution is 5.77. The van der Waals surface area contributed by atoms with Crippen LogP contribution in [0.2, 0.25) is 0 Å². The lowest BCUT2D eigenvalue weighted by molar-refractivity contribution is -0.133. The molecular weight excluding hydrogens is 291 g/mol. The number of nitrogens with zero attached hydrogens (tertiary/aromatic N) is 1. The Balaban J connectivity index is 1.87. The fraction of sp³-hybridized carbons (Fsp3) is 0.316. The summed E-state index contributed by atoms with van der Waals surface area (Å²) >= 11 is 0. The van der Waals surface area contributed by atoms with Crippen molar-refractivity contribution in [3.63, 3.8) is 0 Å². The lowest BCUT2D eigenvalue weighted by atomic mass is 10.1.